The van der Waals surface area contributed by atoms with Crippen molar-refractivity contribution < 1.29 is 14.0 Å². The van der Waals surface area contributed by atoms with E-state index >= 15 is 0 Å². The van der Waals surface area contributed by atoms with E-state index in [0.29, 0.717) is 30.8 Å². The van der Waals surface area contributed by atoms with Crippen molar-refractivity contribution in [3.8, 4) is 0 Å². The first-order chi connectivity index (χ1) is 15.9. The summed E-state index contributed by atoms with van der Waals surface area (Å²) in [5.74, 6) is -1.37. The first kappa shape index (κ1) is 22.4. The summed E-state index contributed by atoms with van der Waals surface area (Å²) in [6, 6.07) is 15.3. The van der Waals surface area contributed by atoms with Gasteiger partial charge in [-0.2, -0.15) is 0 Å². The molecule has 0 N–H and O–H groups in total. The maximum atomic E-state index is 14.0. The first-order valence-electron chi connectivity index (χ1n) is 11.0. The number of aromatic nitrogens is 1. The van der Waals surface area contributed by atoms with Crippen LogP contribution in [0.25, 0.3) is 5.57 Å². The number of amides is 2. The van der Waals surface area contributed by atoms with Gasteiger partial charge in [-0.25, -0.2) is 9.29 Å². The zero-order valence-corrected chi connectivity index (χ0v) is 19.0. The van der Waals surface area contributed by atoms with Gasteiger partial charge in [0.1, 0.15) is 11.5 Å². The molecule has 2 amide bonds. The fourth-order valence-corrected chi connectivity index (χ4v) is 4.24. The summed E-state index contributed by atoms with van der Waals surface area (Å²) in [6.07, 6.45) is 4.17. The van der Waals surface area contributed by atoms with Gasteiger partial charge in [-0.3, -0.25) is 14.6 Å². The van der Waals surface area contributed by atoms with Gasteiger partial charge in [-0.1, -0.05) is 29.8 Å². The molecule has 1 aliphatic rings. The fourth-order valence-electron chi connectivity index (χ4n) is 4.24. The van der Waals surface area contributed by atoms with Crippen molar-refractivity contribution in [3.05, 3.63) is 101 Å². The molecule has 0 spiro atoms. The number of hydrogen-bond acceptors (Lipinski definition) is 4. The quantitative estimate of drug-likeness (QED) is 0.498. The molecule has 0 bridgehead atoms. The number of rotatable bonds is 7. The van der Waals surface area contributed by atoms with Crippen LogP contribution in [0.15, 0.2) is 72.7 Å². The molecular weight excluding hydrogens is 417 g/mol. The van der Waals surface area contributed by atoms with E-state index in [2.05, 4.69) is 4.98 Å². The van der Waals surface area contributed by atoms with E-state index in [0.717, 1.165) is 27.2 Å². The Balaban J connectivity index is 1.80. The average Bonchev–Trinajstić information content (AvgIpc) is 3.05. The highest BCUT2D eigenvalue weighted by molar-refractivity contribution is 6.45. The molecule has 0 aliphatic carbocycles. The summed E-state index contributed by atoms with van der Waals surface area (Å²) in [4.78, 5) is 34.4. The molecule has 0 atom stereocenters. The van der Waals surface area contributed by atoms with Gasteiger partial charge in [0.25, 0.3) is 11.8 Å². The zero-order valence-electron chi connectivity index (χ0n) is 19.0. The van der Waals surface area contributed by atoms with Gasteiger partial charge in [0.15, 0.2) is 0 Å². The Morgan fingerprint density at radius 2 is 1.73 bits per heavy atom. The summed E-state index contributed by atoms with van der Waals surface area (Å²) in [5.41, 5.74) is 4.74. The Morgan fingerprint density at radius 3 is 2.39 bits per heavy atom. The first-order valence-corrected chi connectivity index (χ1v) is 11.0. The molecule has 168 valence electrons. The predicted octanol–water partition coefficient (Wildman–Crippen LogP) is 4.69. The molecule has 1 aliphatic heterocycles. The molecule has 0 radical (unpaired) electrons. The van der Waals surface area contributed by atoms with Crippen LogP contribution in [0.3, 0.4) is 0 Å². The number of likely N-dealkylation sites (N-methyl/N-ethyl adjacent to an activating group) is 1. The number of anilines is 1. The van der Waals surface area contributed by atoms with Gasteiger partial charge in [0.05, 0.1) is 11.3 Å². The summed E-state index contributed by atoms with van der Waals surface area (Å²) < 4.78 is 14.0. The second-order valence-electron chi connectivity index (χ2n) is 8.15. The number of pyridine rings is 1. The van der Waals surface area contributed by atoms with Crippen molar-refractivity contribution in [2.45, 2.75) is 27.2 Å². The van der Waals surface area contributed by atoms with Crippen molar-refractivity contribution in [1.82, 2.24) is 9.88 Å². The van der Waals surface area contributed by atoms with Crippen LogP contribution in [0.1, 0.15) is 29.2 Å². The van der Waals surface area contributed by atoms with E-state index in [1.54, 1.807) is 18.5 Å². The minimum Gasteiger partial charge on any atom is -0.366 e. The number of imide groups is 1. The lowest BCUT2D eigenvalue weighted by molar-refractivity contribution is -0.120. The minimum absolute atomic E-state index is 0.229. The number of halogens is 1. The lowest BCUT2D eigenvalue weighted by Crippen LogP contribution is -2.36. The molecule has 2 heterocycles. The van der Waals surface area contributed by atoms with Gasteiger partial charge in [0.2, 0.25) is 0 Å². The van der Waals surface area contributed by atoms with Crippen molar-refractivity contribution >= 4 is 23.1 Å². The Labute approximate surface area is 193 Å². The molecule has 3 aromatic rings. The Bertz CT molecular complexity index is 1240. The van der Waals surface area contributed by atoms with Crippen LogP contribution >= 0.6 is 0 Å². The van der Waals surface area contributed by atoms with E-state index in [1.807, 2.05) is 56.0 Å². The highest BCUT2D eigenvalue weighted by Gasteiger charge is 2.42. The van der Waals surface area contributed by atoms with Crippen molar-refractivity contribution in [2.75, 3.05) is 18.0 Å². The Morgan fingerprint density at radius 1 is 0.970 bits per heavy atom. The lowest BCUT2D eigenvalue weighted by Gasteiger charge is -2.25. The van der Waals surface area contributed by atoms with Crippen LogP contribution in [0.2, 0.25) is 0 Å². The molecule has 6 heteroatoms. The highest BCUT2D eigenvalue weighted by Crippen LogP contribution is 2.36. The fraction of sp³-hybridized carbons (Fsp3) is 0.222. The maximum absolute atomic E-state index is 14.0. The summed E-state index contributed by atoms with van der Waals surface area (Å²) in [5, 5.41) is 0. The van der Waals surface area contributed by atoms with Gasteiger partial charge < -0.3 is 4.90 Å². The number of hydrogen-bond donors (Lipinski definition) is 0. The lowest BCUT2D eigenvalue weighted by atomic mass is 9.97. The molecule has 0 saturated heterocycles. The van der Waals surface area contributed by atoms with E-state index in [9.17, 15) is 14.0 Å². The van der Waals surface area contributed by atoms with Crippen LogP contribution in [-0.2, 0) is 16.0 Å². The van der Waals surface area contributed by atoms with Crippen molar-refractivity contribution in [2.24, 2.45) is 0 Å². The predicted molar refractivity (Wildman–Crippen MR) is 127 cm³/mol. The number of nitrogens with zero attached hydrogens (tertiary/aromatic N) is 3. The SMILES string of the molecule is CCN(CCc1ccncc1)C1=C(c2ccc(C)cc2C)C(=O)N(c2cccc(F)c2)C1=O. The van der Waals surface area contributed by atoms with Gasteiger partial charge in [0, 0.05) is 25.5 Å². The normalized spacial score (nSPS) is 13.8. The third kappa shape index (κ3) is 4.42. The van der Waals surface area contributed by atoms with E-state index < -0.39 is 17.6 Å². The highest BCUT2D eigenvalue weighted by atomic mass is 19.1. The maximum Gasteiger partial charge on any atom is 0.282 e. The molecule has 0 unspecified atom stereocenters. The van der Waals surface area contributed by atoms with Crippen molar-refractivity contribution in [3.63, 3.8) is 0 Å². The molecule has 0 saturated carbocycles. The van der Waals surface area contributed by atoms with Crippen LogP contribution in [-0.4, -0.2) is 34.8 Å². The number of benzene rings is 2. The van der Waals surface area contributed by atoms with Crippen LogP contribution < -0.4 is 4.90 Å². The standard InChI is InChI=1S/C27H26FN3O2/c1-4-30(15-12-20-10-13-29-14-11-20)25-24(23-9-8-18(2)16-19(23)3)26(32)31(27(25)33)22-7-5-6-21(28)17-22/h5-11,13-14,16-17H,4,12,15H2,1-3H3. The number of aryl methyl sites for hydroxylation is 2. The largest absolute Gasteiger partial charge is 0.366 e. The smallest absolute Gasteiger partial charge is 0.282 e. The van der Waals surface area contributed by atoms with Gasteiger partial charge >= 0.3 is 0 Å². The zero-order chi connectivity index (χ0) is 23.5. The Hall–Kier alpha value is -3.80. The van der Waals surface area contributed by atoms with Crippen LogP contribution in [0.4, 0.5) is 10.1 Å². The number of carbonyl (C=O) groups excluding carboxylic acids is 2. The summed E-state index contributed by atoms with van der Waals surface area (Å²) in [6.45, 7) is 6.98. The molecule has 0 fully saturated rings. The minimum atomic E-state index is -0.500. The molecule has 33 heavy (non-hydrogen) atoms. The van der Waals surface area contributed by atoms with E-state index in [1.165, 1.54) is 18.2 Å². The average molecular weight is 444 g/mol. The monoisotopic (exact) mass is 443 g/mol. The Kier molecular flexibility index (Phi) is 6.36. The third-order valence-electron chi connectivity index (χ3n) is 5.89. The van der Waals surface area contributed by atoms with E-state index in [4.69, 9.17) is 0 Å². The van der Waals surface area contributed by atoms with Crippen LogP contribution in [0.5, 0.6) is 0 Å². The molecule has 5 nitrogen and oxygen atoms in total. The van der Waals surface area contributed by atoms with Crippen LogP contribution in [0, 0.1) is 19.7 Å². The second-order valence-corrected chi connectivity index (χ2v) is 8.15. The molecular formula is C27H26FN3O2. The van der Waals surface area contributed by atoms with Gasteiger partial charge in [-0.05, 0) is 74.2 Å². The molecule has 1 aromatic heterocycles. The molecule has 2 aromatic carbocycles. The van der Waals surface area contributed by atoms with E-state index in [-0.39, 0.29) is 5.69 Å². The van der Waals surface area contributed by atoms with Gasteiger partial charge in [-0.15, -0.1) is 0 Å². The van der Waals surface area contributed by atoms with Crippen molar-refractivity contribution in [1.29, 1.82) is 0 Å². The summed E-state index contributed by atoms with van der Waals surface area (Å²) >= 11 is 0. The topological polar surface area (TPSA) is 53.5 Å². The second kappa shape index (κ2) is 9.36. The summed E-state index contributed by atoms with van der Waals surface area (Å²) in [7, 11) is 0. The molecule has 4 rings (SSSR count). The third-order valence-corrected chi connectivity index (χ3v) is 5.89. The number of carbonyl (C=O) groups is 2.